The van der Waals surface area contributed by atoms with Gasteiger partial charge in [0.15, 0.2) is 0 Å². The summed E-state index contributed by atoms with van der Waals surface area (Å²) in [6, 6.07) is 2.49. The molecule has 3 fully saturated rings. The minimum atomic E-state index is -4.90. The SMILES string of the molecule is Cc1nnc(N2C[C@@H]3CC[C@]4(C2)[C@H]3N4c2nc3n(n2)CCCC3c2cc(C(F)(F)F)cc(C(F)(F)F)c2)o1. The molecule has 0 spiro atoms. The Kier molecular flexibility index (Phi) is 4.77. The number of piperidine rings is 2. The van der Waals surface area contributed by atoms with Gasteiger partial charge in [0.05, 0.1) is 22.7 Å². The minimum Gasteiger partial charge on any atom is -0.408 e. The Bertz CT molecular complexity index is 1380. The van der Waals surface area contributed by atoms with Crippen molar-refractivity contribution in [2.24, 2.45) is 5.92 Å². The number of aryl methyl sites for hydroxylation is 2. The van der Waals surface area contributed by atoms with Crippen molar-refractivity contribution in [1.29, 1.82) is 0 Å². The average molecular weight is 539 g/mol. The number of aromatic nitrogens is 5. The van der Waals surface area contributed by atoms with Crippen molar-refractivity contribution in [2.45, 2.75) is 69.0 Å². The standard InChI is InChI=1S/C24H23F6N7O/c1-12-32-33-21(38-12)35-10-13-4-5-22(11-35)18(13)37(22)20-31-19-17(3-2-6-36(19)34-20)14-7-15(23(25,26)27)9-16(8-14)24(28,29)30/h7-9,13,17-18H,2-6,10-11H2,1H3/t13-,17?,18-,22-,37?/m0/s1. The number of hydrogen-bond donors (Lipinski definition) is 0. The van der Waals surface area contributed by atoms with Gasteiger partial charge < -0.3 is 14.2 Å². The predicted octanol–water partition coefficient (Wildman–Crippen LogP) is 4.79. The van der Waals surface area contributed by atoms with E-state index < -0.39 is 29.4 Å². The molecule has 1 unspecified atom stereocenters. The first-order valence-corrected chi connectivity index (χ1v) is 12.5. The Hall–Kier alpha value is -3.32. The first-order valence-electron chi connectivity index (χ1n) is 12.5. The molecule has 3 aliphatic heterocycles. The lowest BCUT2D eigenvalue weighted by molar-refractivity contribution is -0.143. The van der Waals surface area contributed by atoms with Crippen LogP contribution in [-0.2, 0) is 18.9 Å². The lowest BCUT2D eigenvalue weighted by Gasteiger charge is -2.27. The number of fused-ring (bicyclic) bond motifs is 1. The van der Waals surface area contributed by atoms with E-state index in [2.05, 4.69) is 25.1 Å². The van der Waals surface area contributed by atoms with E-state index >= 15 is 0 Å². The van der Waals surface area contributed by atoms with Crippen LogP contribution in [0.15, 0.2) is 22.6 Å². The summed E-state index contributed by atoms with van der Waals surface area (Å²) in [5.74, 6) is 0.984. The zero-order chi connectivity index (χ0) is 26.6. The van der Waals surface area contributed by atoms with E-state index in [-0.39, 0.29) is 23.2 Å². The summed E-state index contributed by atoms with van der Waals surface area (Å²) in [4.78, 5) is 8.98. The molecule has 4 atom stereocenters. The molecule has 2 aromatic heterocycles. The molecule has 0 N–H and O–H groups in total. The summed E-state index contributed by atoms with van der Waals surface area (Å²) in [6.07, 6.45) is -6.88. The van der Waals surface area contributed by atoms with Crippen molar-refractivity contribution >= 4 is 12.0 Å². The molecule has 3 aromatic rings. The Morgan fingerprint density at radius 1 is 1.00 bits per heavy atom. The number of halogens is 6. The first-order chi connectivity index (χ1) is 17.9. The van der Waals surface area contributed by atoms with E-state index in [1.165, 1.54) is 0 Å². The molecule has 0 amide bonds. The zero-order valence-corrected chi connectivity index (χ0v) is 20.2. The van der Waals surface area contributed by atoms with Gasteiger partial charge in [0.1, 0.15) is 5.82 Å². The number of anilines is 2. The maximum absolute atomic E-state index is 13.5. The Labute approximate surface area is 212 Å². The summed E-state index contributed by atoms with van der Waals surface area (Å²) in [5.41, 5.74) is -2.88. The summed E-state index contributed by atoms with van der Waals surface area (Å²) < 4.78 is 88.3. The fourth-order valence-corrected chi connectivity index (χ4v) is 6.85. The van der Waals surface area contributed by atoms with E-state index in [0.717, 1.165) is 31.5 Å². The van der Waals surface area contributed by atoms with E-state index in [0.29, 0.717) is 55.5 Å². The summed E-state index contributed by atoms with van der Waals surface area (Å²) in [5, 5.41) is 12.8. The Morgan fingerprint density at radius 3 is 2.39 bits per heavy atom. The van der Waals surface area contributed by atoms with Gasteiger partial charge in [-0.15, -0.1) is 10.2 Å². The molecule has 1 saturated carbocycles. The van der Waals surface area contributed by atoms with Crippen LogP contribution < -0.4 is 9.80 Å². The zero-order valence-electron chi connectivity index (χ0n) is 20.2. The molecule has 5 heterocycles. The van der Waals surface area contributed by atoms with Crippen LogP contribution in [0.25, 0.3) is 0 Å². The molecule has 2 saturated heterocycles. The second kappa shape index (κ2) is 7.63. The Morgan fingerprint density at radius 2 is 1.74 bits per heavy atom. The van der Waals surface area contributed by atoms with Crippen LogP contribution in [0.2, 0.25) is 0 Å². The lowest BCUT2D eigenvalue weighted by atomic mass is 9.88. The van der Waals surface area contributed by atoms with Gasteiger partial charge in [0.25, 0.3) is 0 Å². The van der Waals surface area contributed by atoms with Crippen LogP contribution in [0.1, 0.15) is 60.0 Å². The van der Waals surface area contributed by atoms with Gasteiger partial charge in [-0.2, -0.15) is 31.3 Å². The monoisotopic (exact) mass is 539 g/mol. The maximum Gasteiger partial charge on any atom is 0.416 e. The van der Waals surface area contributed by atoms with E-state index in [1.807, 2.05) is 0 Å². The van der Waals surface area contributed by atoms with Crippen LogP contribution >= 0.6 is 0 Å². The van der Waals surface area contributed by atoms with Crippen molar-refractivity contribution in [3.63, 3.8) is 0 Å². The third-order valence-corrected chi connectivity index (χ3v) is 8.43. The number of rotatable bonds is 3. The summed E-state index contributed by atoms with van der Waals surface area (Å²) in [6.45, 7) is 3.65. The van der Waals surface area contributed by atoms with E-state index in [1.54, 1.807) is 11.6 Å². The van der Waals surface area contributed by atoms with E-state index in [9.17, 15) is 26.3 Å². The van der Waals surface area contributed by atoms with Crippen molar-refractivity contribution in [3.05, 3.63) is 46.6 Å². The fourth-order valence-electron chi connectivity index (χ4n) is 6.85. The van der Waals surface area contributed by atoms with Gasteiger partial charge in [-0.05, 0) is 55.4 Å². The highest BCUT2D eigenvalue weighted by molar-refractivity contribution is 5.59. The van der Waals surface area contributed by atoms with Crippen molar-refractivity contribution < 1.29 is 30.8 Å². The fraction of sp³-hybridized carbons (Fsp3) is 0.583. The van der Waals surface area contributed by atoms with Gasteiger partial charge in [-0.1, -0.05) is 5.10 Å². The van der Waals surface area contributed by atoms with Crippen LogP contribution in [0.5, 0.6) is 0 Å². The highest BCUT2D eigenvalue weighted by Gasteiger charge is 2.73. The Balaban J connectivity index is 1.22. The number of benzene rings is 1. The minimum absolute atomic E-state index is 0.0483. The lowest BCUT2D eigenvalue weighted by Crippen LogP contribution is -2.42. The summed E-state index contributed by atoms with van der Waals surface area (Å²) in [7, 11) is 0. The smallest absolute Gasteiger partial charge is 0.408 e. The van der Waals surface area contributed by atoms with Gasteiger partial charge in [0.2, 0.25) is 11.8 Å². The van der Waals surface area contributed by atoms with Gasteiger partial charge in [-0.25, -0.2) is 4.68 Å². The second-order valence-electron chi connectivity index (χ2n) is 10.7. The highest BCUT2D eigenvalue weighted by atomic mass is 19.4. The quantitative estimate of drug-likeness (QED) is 0.350. The number of alkyl halides is 6. The molecule has 4 aliphatic rings. The van der Waals surface area contributed by atoms with Crippen LogP contribution in [0, 0.1) is 12.8 Å². The van der Waals surface area contributed by atoms with Crippen LogP contribution in [-0.4, -0.2) is 49.6 Å². The topological polar surface area (TPSA) is 75.9 Å². The van der Waals surface area contributed by atoms with Crippen molar-refractivity contribution in [3.8, 4) is 0 Å². The first kappa shape index (κ1) is 23.8. The molecule has 2 bridgehead atoms. The molecule has 7 rings (SSSR count). The largest absolute Gasteiger partial charge is 0.416 e. The molecular formula is C24H23F6N7O. The number of nitrogens with zero attached hydrogens (tertiary/aromatic N) is 7. The molecule has 14 heteroatoms. The molecule has 1 aliphatic carbocycles. The maximum atomic E-state index is 13.5. The molecule has 202 valence electrons. The average Bonchev–Trinajstić information content (AvgIpc) is 3.12. The third-order valence-electron chi connectivity index (χ3n) is 8.43. The number of hydrogen-bond acceptors (Lipinski definition) is 7. The molecule has 0 radical (unpaired) electrons. The van der Waals surface area contributed by atoms with Crippen LogP contribution in [0.3, 0.4) is 0 Å². The van der Waals surface area contributed by atoms with Crippen LogP contribution in [0.4, 0.5) is 38.3 Å². The van der Waals surface area contributed by atoms with Gasteiger partial charge in [0, 0.05) is 32.5 Å². The predicted molar refractivity (Wildman–Crippen MR) is 121 cm³/mol. The highest BCUT2D eigenvalue weighted by Crippen LogP contribution is 2.60. The summed E-state index contributed by atoms with van der Waals surface area (Å²) >= 11 is 0. The normalized spacial score (nSPS) is 28.4. The van der Waals surface area contributed by atoms with E-state index in [4.69, 9.17) is 9.40 Å². The molecule has 38 heavy (non-hydrogen) atoms. The molecular weight excluding hydrogens is 516 g/mol. The van der Waals surface area contributed by atoms with Gasteiger partial charge >= 0.3 is 18.4 Å². The molecule has 1 aromatic carbocycles. The van der Waals surface area contributed by atoms with Gasteiger partial charge in [-0.3, -0.25) is 0 Å². The third kappa shape index (κ3) is 3.51. The van der Waals surface area contributed by atoms with Crippen molar-refractivity contribution in [1.82, 2.24) is 25.0 Å². The molecule has 8 nitrogen and oxygen atoms in total. The van der Waals surface area contributed by atoms with Crippen molar-refractivity contribution in [2.75, 3.05) is 22.9 Å². The second-order valence-corrected chi connectivity index (χ2v) is 10.7.